The Morgan fingerprint density at radius 3 is 0.926 bits per heavy atom. The van der Waals surface area contributed by atoms with Crippen molar-refractivity contribution in [2.75, 3.05) is 40.9 Å². The van der Waals surface area contributed by atoms with Crippen LogP contribution in [-0.2, 0) is 18.4 Å². The molecule has 3 N–H and O–H groups in total. The minimum Gasteiger partial charge on any atom is -0.391 e. The van der Waals surface area contributed by atoms with Gasteiger partial charge in [0.1, 0.15) is 13.2 Å². The molecule has 0 aliphatic rings. The van der Waals surface area contributed by atoms with Crippen molar-refractivity contribution in [2.24, 2.45) is 0 Å². The number of hydrogen-bond acceptors (Lipinski definition) is 5. The Labute approximate surface area is 591 Å². The molecule has 0 radical (unpaired) electrons. The summed E-state index contributed by atoms with van der Waals surface area (Å²) in [5.74, 6) is -0.143. The number of rotatable bonds is 75. The molecule has 0 aliphatic heterocycles. The SMILES string of the molecule is CC/C=C\C/C=C\C/C=C\C/C=C\C/C=C\C/C=C\C/C=C\C/C=C\C/C=C\CCCCCCCCCCCCCCCC(=O)NC(COP(=O)(O)OCC[N+](C)(C)C)C(O)CCCCCCCCCCCCCCCCCCCCCCCCCCCCCCCCCC. The second-order valence-electron chi connectivity index (χ2n) is 28.8. The molecule has 0 aromatic rings. The summed E-state index contributed by atoms with van der Waals surface area (Å²) in [6.07, 6.45) is 111. The second-order valence-corrected chi connectivity index (χ2v) is 30.2. The predicted octanol–water partition coefficient (Wildman–Crippen LogP) is 27.0. The molecule has 0 spiro atoms. The average molecular weight is 1350 g/mol. The molecule has 0 aromatic heterocycles. The minimum atomic E-state index is -4.34. The van der Waals surface area contributed by atoms with Gasteiger partial charge in [0.15, 0.2) is 0 Å². The van der Waals surface area contributed by atoms with Gasteiger partial charge in [-0.1, -0.05) is 399 Å². The van der Waals surface area contributed by atoms with Gasteiger partial charge in [-0.15, -0.1) is 0 Å². The number of amides is 1. The lowest BCUT2D eigenvalue weighted by Gasteiger charge is -2.26. The van der Waals surface area contributed by atoms with E-state index in [1.165, 1.54) is 257 Å². The maximum absolute atomic E-state index is 13.1. The number of phosphoric acid groups is 1. The number of quaternary nitrogens is 1. The zero-order valence-corrected chi connectivity index (χ0v) is 64.3. The third-order valence-corrected chi connectivity index (χ3v) is 19.3. The highest BCUT2D eigenvalue weighted by molar-refractivity contribution is 7.47. The van der Waals surface area contributed by atoms with Crippen molar-refractivity contribution in [3.8, 4) is 0 Å². The van der Waals surface area contributed by atoms with Crippen LogP contribution in [0.25, 0.3) is 0 Å². The largest absolute Gasteiger partial charge is 0.472 e. The van der Waals surface area contributed by atoms with Gasteiger partial charge < -0.3 is 19.8 Å². The van der Waals surface area contributed by atoms with Crippen LogP contribution in [0.1, 0.15) is 380 Å². The molecule has 9 heteroatoms. The highest BCUT2D eigenvalue weighted by Gasteiger charge is 2.28. The maximum atomic E-state index is 13.1. The monoisotopic (exact) mass is 1350 g/mol. The van der Waals surface area contributed by atoms with Crippen LogP contribution in [0, 0.1) is 0 Å². The van der Waals surface area contributed by atoms with Crippen LogP contribution in [0.4, 0.5) is 0 Å². The average Bonchev–Trinajstić information content (AvgIpc) is 2.01. The first kappa shape index (κ1) is 92.2. The Morgan fingerprint density at radius 2 is 0.632 bits per heavy atom. The van der Waals surface area contributed by atoms with E-state index in [0.717, 1.165) is 96.3 Å². The fourth-order valence-electron chi connectivity index (χ4n) is 12.0. The lowest BCUT2D eigenvalue weighted by molar-refractivity contribution is -0.870. The summed E-state index contributed by atoms with van der Waals surface area (Å²) in [7, 11) is 1.62. The summed E-state index contributed by atoms with van der Waals surface area (Å²) >= 11 is 0. The number of aliphatic hydroxyl groups excluding tert-OH is 1. The molecule has 0 aromatic carbocycles. The van der Waals surface area contributed by atoms with Gasteiger partial charge in [0.25, 0.3) is 0 Å². The van der Waals surface area contributed by atoms with Gasteiger partial charge in [-0.25, -0.2) is 4.57 Å². The van der Waals surface area contributed by atoms with Gasteiger partial charge in [0.2, 0.25) is 5.91 Å². The first-order chi connectivity index (χ1) is 46.5. The van der Waals surface area contributed by atoms with E-state index >= 15 is 0 Å². The van der Waals surface area contributed by atoms with E-state index in [-0.39, 0.29) is 19.1 Å². The highest BCUT2D eigenvalue weighted by atomic mass is 31.2. The second kappa shape index (κ2) is 75.4. The van der Waals surface area contributed by atoms with Crippen LogP contribution in [0.3, 0.4) is 0 Å². The number of nitrogens with one attached hydrogen (secondary N) is 1. The number of carbonyl (C=O) groups excluding carboxylic acids is 1. The molecule has 1 amide bonds. The molecule has 552 valence electrons. The van der Waals surface area contributed by atoms with Crippen molar-refractivity contribution in [3.63, 3.8) is 0 Å². The molecule has 8 nitrogen and oxygen atoms in total. The molecule has 3 atom stereocenters. The van der Waals surface area contributed by atoms with Crippen molar-refractivity contribution < 1.29 is 32.9 Å². The quantitative estimate of drug-likeness (QED) is 0.0243. The van der Waals surface area contributed by atoms with Crippen LogP contribution >= 0.6 is 7.82 Å². The first-order valence-corrected chi connectivity index (χ1v) is 42.2. The highest BCUT2D eigenvalue weighted by Crippen LogP contribution is 2.43. The number of hydrogen-bond donors (Lipinski definition) is 3. The molecule has 3 unspecified atom stereocenters. The van der Waals surface area contributed by atoms with Crippen LogP contribution < -0.4 is 5.32 Å². The summed E-state index contributed by atoms with van der Waals surface area (Å²) in [5, 5.41) is 14.2. The Kier molecular flexibility index (Phi) is 73.1. The van der Waals surface area contributed by atoms with Crippen LogP contribution in [0.2, 0.25) is 0 Å². The van der Waals surface area contributed by atoms with Crippen LogP contribution in [0.5, 0.6) is 0 Å². The number of likely N-dealkylation sites (N-methyl/N-ethyl adjacent to an activating group) is 1. The lowest BCUT2D eigenvalue weighted by Crippen LogP contribution is -2.46. The smallest absolute Gasteiger partial charge is 0.391 e. The number of phosphoric ester groups is 1. The van der Waals surface area contributed by atoms with Crippen molar-refractivity contribution in [2.45, 2.75) is 392 Å². The molecular formula is C86H158N2O6P+. The van der Waals surface area contributed by atoms with E-state index in [1.54, 1.807) is 0 Å². The molecule has 0 aliphatic carbocycles. The van der Waals surface area contributed by atoms with Gasteiger partial charge in [0, 0.05) is 6.42 Å². The molecule has 95 heavy (non-hydrogen) atoms. The van der Waals surface area contributed by atoms with Gasteiger partial charge in [-0.05, 0) is 83.5 Å². The zero-order valence-electron chi connectivity index (χ0n) is 63.4. The third kappa shape index (κ3) is 78.4. The topological polar surface area (TPSA) is 105 Å². The van der Waals surface area contributed by atoms with E-state index in [0.29, 0.717) is 23.9 Å². The number of carbonyl (C=O) groups is 1. The van der Waals surface area contributed by atoms with Crippen LogP contribution in [0.15, 0.2) is 109 Å². The Balaban J connectivity index is 3.98. The first-order valence-electron chi connectivity index (χ1n) is 40.8. The number of unbranched alkanes of at least 4 members (excludes halogenated alkanes) is 44. The van der Waals surface area contributed by atoms with Crippen molar-refractivity contribution >= 4 is 13.7 Å². The van der Waals surface area contributed by atoms with E-state index in [2.05, 4.69) is 129 Å². The van der Waals surface area contributed by atoms with E-state index in [1.807, 2.05) is 21.1 Å². The molecule has 0 rings (SSSR count). The van der Waals surface area contributed by atoms with Gasteiger partial charge in [0.05, 0.1) is 39.9 Å². The van der Waals surface area contributed by atoms with Crippen molar-refractivity contribution in [3.05, 3.63) is 109 Å². The van der Waals surface area contributed by atoms with Gasteiger partial charge >= 0.3 is 7.82 Å². The summed E-state index contributed by atoms with van der Waals surface area (Å²) in [6, 6.07) is -0.769. The predicted molar refractivity (Wildman–Crippen MR) is 419 cm³/mol. The standard InChI is InChI=1S/C86H157N2O6P/c1-6-8-10-12-14-16-18-20-22-24-26-28-30-32-34-36-38-40-41-42-43-44-45-46-47-48-50-52-54-56-58-60-62-64-66-68-70-72-74-76-78-80-86(90)87-84(83-94-95(91,92)93-82-81-88(3,4)5)85(89)79-77-75-73-71-69-67-65-63-61-59-57-55-53-51-49-39-37-35-33-31-29-27-25-23-21-19-17-15-13-11-9-7-2/h8,10,14,16,20,22,26,28,32,34,38,40,42-43,45-46,48,50,84-85,89H,6-7,9,11-13,15,17-19,21,23-25,27,29-31,33,35-37,39,41,44,47,49,51-83H2,1-5H3,(H-,87,90,91,92)/p+1/b10-8-,16-14-,22-20-,28-26-,34-32-,40-38-,43-42-,46-45-,50-48-. The summed E-state index contributed by atoms with van der Waals surface area (Å²) < 4.78 is 24.0. The molecule has 0 saturated heterocycles. The van der Waals surface area contributed by atoms with Crippen LogP contribution in [-0.4, -0.2) is 73.4 Å². The third-order valence-electron chi connectivity index (χ3n) is 18.3. The molecular weight excluding hydrogens is 1190 g/mol. The summed E-state index contributed by atoms with van der Waals surface area (Å²) in [4.78, 5) is 23.5. The normalized spacial score (nSPS) is 14.1. The molecule has 0 heterocycles. The maximum Gasteiger partial charge on any atom is 0.472 e. The minimum absolute atomic E-state index is 0.0719. The van der Waals surface area contributed by atoms with E-state index in [4.69, 9.17) is 9.05 Å². The van der Waals surface area contributed by atoms with E-state index < -0.39 is 20.0 Å². The van der Waals surface area contributed by atoms with Crippen molar-refractivity contribution in [1.29, 1.82) is 0 Å². The van der Waals surface area contributed by atoms with Gasteiger partial charge in [-0.2, -0.15) is 0 Å². The fourth-order valence-corrected chi connectivity index (χ4v) is 12.8. The lowest BCUT2D eigenvalue weighted by atomic mass is 10.0. The Bertz CT molecular complexity index is 1930. The van der Waals surface area contributed by atoms with Crippen molar-refractivity contribution in [1.82, 2.24) is 5.32 Å². The number of nitrogens with zero attached hydrogens (tertiary/aromatic N) is 1. The summed E-state index contributed by atoms with van der Waals surface area (Å²) in [6.45, 7) is 4.82. The number of allylic oxidation sites excluding steroid dienone is 18. The Morgan fingerprint density at radius 1 is 0.368 bits per heavy atom. The molecule has 0 bridgehead atoms. The Hall–Kier alpha value is -2.84. The van der Waals surface area contributed by atoms with E-state index in [9.17, 15) is 19.4 Å². The summed E-state index contributed by atoms with van der Waals surface area (Å²) in [5.41, 5.74) is 0. The zero-order chi connectivity index (χ0) is 69.0. The molecule has 0 saturated carbocycles. The number of aliphatic hydroxyl groups is 1. The fraction of sp³-hybridized carbons (Fsp3) is 0.779. The molecule has 0 fully saturated rings. The van der Waals surface area contributed by atoms with Gasteiger partial charge in [-0.3, -0.25) is 13.8 Å².